The lowest BCUT2D eigenvalue weighted by molar-refractivity contribution is -0.221. The van der Waals surface area contributed by atoms with Gasteiger partial charge in [-0.3, -0.25) is 4.39 Å². The Morgan fingerprint density at radius 1 is 0.917 bits per heavy atom. The molecule has 1 unspecified atom stereocenters. The molecule has 0 aromatic heterocycles. The predicted octanol–water partition coefficient (Wildman–Crippen LogP) is 3.09. The van der Waals surface area contributed by atoms with Crippen LogP contribution in [0.2, 0.25) is 0 Å². The summed E-state index contributed by atoms with van der Waals surface area (Å²) in [4.78, 5) is 0. The summed E-state index contributed by atoms with van der Waals surface area (Å²) in [5, 5.41) is 0. The van der Waals surface area contributed by atoms with Crippen molar-refractivity contribution < 1.29 is 30.7 Å². The highest BCUT2D eigenvalue weighted by atomic mass is 19.4. The topological polar surface area (TPSA) is 0 Å². The highest BCUT2D eigenvalue weighted by Gasteiger charge is 2.46. The molecular weight excluding hydrogens is 193 g/mol. The van der Waals surface area contributed by atoms with Crippen LogP contribution in [0.15, 0.2) is 0 Å². The SMILES string of the molecule is FCC(CC(F)(F)F)C(F)(F)F. The molecule has 0 saturated heterocycles. The van der Waals surface area contributed by atoms with Crippen molar-refractivity contribution in [3.63, 3.8) is 0 Å². The van der Waals surface area contributed by atoms with Gasteiger partial charge in [-0.25, -0.2) is 0 Å². The molecule has 0 aliphatic rings. The van der Waals surface area contributed by atoms with Gasteiger partial charge in [0.2, 0.25) is 0 Å². The minimum atomic E-state index is -5.12. The fraction of sp³-hybridized carbons (Fsp3) is 1.00. The first-order valence-corrected chi connectivity index (χ1v) is 2.86. The molecule has 0 spiro atoms. The molecule has 7 heteroatoms. The molecule has 0 nitrogen and oxygen atoms in total. The Kier molecular flexibility index (Phi) is 3.34. The molecule has 0 aromatic rings. The van der Waals surface area contributed by atoms with Gasteiger partial charge in [-0.05, 0) is 0 Å². The molecule has 74 valence electrons. The first-order chi connectivity index (χ1) is 5.17. The molecule has 0 saturated carbocycles. The monoisotopic (exact) mass is 198 g/mol. The molecule has 0 heterocycles. The van der Waals surface area contributed by atoms with Gasteiger partial charge >= 0.3 is 12.4 Å². The van der Waals surface area contributed by atoms with Gasteiger partial charge in [0.25, 0.3) is 0 Å². The average Bonchev–Trinajstić information content (AvgIpc) is 1.78. The van der Waals surface area contributed by atoms with Crippen molar-refractivity contribution in [1.82, 2.24) is 0 Å². The molecular formula is C5H5F7. The van der Waals surface area contributed by atoms with Gasteiger partial charge in [0, 0.05) is 0 Å². The van der Waals surface area contributed by atoms with E-state index >= 15 is 0 Å². The first kappa shape index (κ1) is 11.5. The summed E-state index contributed by atoms with van der Waals surface area (Å²) in [6.45, 7) is -2.04. The Hall–Kier alpha value is -0.490. The third-order valence-corrected chi connectivity index (χ3v) is 1.13. The molecule has 0 bridgehead atoms. The zero-order valence-electron chi connectivity index (χ0n) is 5.64. The van der Waals surface area contributed by atoms with Gasteiger partial charge in [-0.2, -0.15) is 26.3 Å². The number of rotatable bonds is 2. The minimum Gasteiger partial charge on any atom is -0.250 e. The van der Waals surface area contributed by atoms with E-state index in [1.807, 2.05) is 0 Å². The maximum absolute atomic E-state index is 11.5. The van der Waals surface area contributed by atoms with Crippen LogP contribution in [0.1, 0.15) is 6.42 Å². The van der Waals surface area contributed by atoms with Gasteiger partial charge in [-0.15, -0.1) is 0 Å². The maximum Gasteiger partial charge on any atom is 0.394 e. The zero-order chi connectivity index (χ0) is 9.99. The van der Waals surface area contributed by atoms with Gasteiger partial charge in [-0.1, -0.05) is 0 Å². The second-order valence-corrected chi connectivity index (χ2v) is 2.21. The fourth-order valence-corrected chi connectivity index (χ4v) is 0.537. The summed E-state index contributed by atoms with van der Waals surface area (Å²) in [5.74, 6) is -2.93. The lowest BCUT2D eigenvalue weighted by Gasteiger charge is -2.18. The number of halogens is 7. The Balaban J connectivity index is 4.20. The van der Waals surface area contributed by atoms with Crippen LogP contribution in [0.5, 0.6) is 0 Å². The predicted molar refractivity (Wildman–Crippen MR) is 26.2 cm³/mol. The highest BCUT2D eigenvalue weighted by molar-refractivity contribution is 4.70. The van der Waals surface area contributed by atoms with Crippen molar-refractivity contribution in [3.8, 4) is 0 Å². The van der Waals surface area contributed by atoms with E-state index in [1.54, 1.807) is 0 Å². The standard InChI is InChI=1S/C5H5F7/c6-2-3(5(10,11)12)1-4(7,8)9/h3H,1-2H2. The van der Waals surface area contributed by atoms with Crippen molar-refractivity contribution in [2.75, 3.05) is 6.67 Å². The van der Waals surface area contributed by atoms with Gasteiger partial charge in [0.1, 0.15) is 6.67 Å². The molecule has 1 atom stereocenters. The average molecular weight is 198 g/mol. The summed E-state index contributed by atoms with van der Waals surface area (Å²) >= 11 is 0. The molecule has 0 aromatic carbocycles. The van der Waals surface area contributed by atoms with Crippen molar-refractivity contribution in [1.29, 1.82) is 0 Å². The second-order valence-electron chi connectivity index (χ2n) is 2.21. The Morgan fingerprint density at radius 3 is 1.42 bits per heavy atom. The molecule has 0 aliphatic heterocycles. The lowest BCUT2D eigenvalue weighted by atomic mass is 10.1. The van der Waals surface area contributed by atoms with Crippen LogP contribution in [0.4, 0.5) is 30.7 Å². The quantitative estimate of drug-likeness (QED) is 0.598. The molecule has 0 fully saturated rings. The van der Waals surface area contributed by atoms with Crippen molar-refractivity contribution in [2.24, 2.45) is 5.92 Å². The van der Waals surface area contributed by atoms with Crippen LogP contribution in [0.3, 0.4) is 0 Å². The van der Waals surface area contributed by atoms with E-state index < -0.39 is 31.4 Å². The van der Waals surface area contributed by atoms with E-state index in [2.05, 4.69) is 0 Å². The van der Waals surface area contributed by atoms with E-state index in [0.717, 1.165) is 0 Å². The number of hydrogen-bond donors (Lipinski definition) is 0. The Labute approximate surface area is 63.4 Å². The summed E-state index contributed by atoms with van der Waals surface area (Å²) in [6.07, 6.45) is -12.3. The molecule has 0 N–H and O–H groups in total. The first-order valence-electron chi connectivity index (χ1n) is 2.86. The van der Waals surface area contributed by atoms with Crippen LogP contribution in [0.25, 0.3) is 0 Å². The van der Waals surface area contributed by atoms with E-state index in [1.165, 1.54) is 0 Å². The van der Waals surface area contributed by atoms with Crippen molar-refractivity contribution in [2.45, 2.75) is 18.8 Å². The van der Waals surface area contributed by atoms with E-state index in [0.29, 0.717) is 0 Å². The highest BCUT2D eigenvalue weighted by Crippen LogP contribution is 2.35. The van der Waals surface area contributed by atoms with E-state index in [4.69, 9.17) is 0 Å². The summed E-state index contributed by atoms with van der Waals surface area (Å²) in [7, 11) is 0. The van der Waals surface area contributed by atoms with Crippen LogP contribution in [-0.2, 0) is 0 Å². The van der Waals surface area contributed by atoms with E-state index in [9.17, 15) is 30.7 Å². The minimum absolute atomic E-state index is 2.04. The third-order valence-electron chi connectivity index (χ3n) is 1.13. The van der Waals surface area contributed by atoms with Crippen LogP contribution in [0, 0.1) is 5.92 Å². The molecule has 0 radical (unpaired) electrons. The van der Waals surface area contributed by atoms with Gasteiger partial charge < -0.3 is 0 Å². The molecule has 0 aliphatic carbocycles. The zero-order valence-corrected chi connectivity index (χ0v) is 5.64. The fourth-order valence-electron chi connectivity index (χ4n) is 0.537. The Morgan fingerprint density at radius 2 is 1.33 bits per heavy atom. The van der Waals surface area contributed by atoms with Gasteiger partial charge in [0.15, 0.2) is 0 Å². The second kappa shape index (κ2) is 3.49. The smallest absolute Gasteiger partial charge is 0.250 e. The van der Waals surface area contributed by atoms with Crippen LogP contribution < -0.4 is 0 Å². The third kappa shape index (κ3) is 4.40. The Bertz CT molecular complexity index is 132. The molecule has 0 rings (SSSR count). The molecule has 0 amide bonds. The lowest BCUT2D eigenvalue weighted by Crippen LogP contribution is -2.29. The van der Waals surface area contributed by atoms with Crippen molar-refractivity contribution in [3.05, 3.63) is 0 Å². The number of alkyl halides is 7. The van der Waals surface area contributed by atoms with E-state index in [-0.39, 0.29) is 0 Å². The summed E-state index contributed by atoms with van der Waals surface area (Å²) in [6, 6.07) is 0. The van der Waals surface area contributed by atoms with Crippen molar-refractivity contribution >= 4 is 0 Å². The largest absolute Gasteiger partial charge is 0.394 e. The molecule has 12 heavy (non-hydrogen) atoms. The maximum atomic E-state index is 11.5. The summed E-state index contributed by atoms with van der Waals surface area (Å²) in [5.41, 5.74) is 0. The summed E-state index contributed by atoms with van der Waals surface area (Å²) < 4.78 is 80.1. The van der Waals surface area contributed by atoms with Gasteiger partial charge in [0.05, 0.1) is 12.3 Å². The normalized spacial score (nSPS) is 16.2. The van der Waals surface area contributed by atoms with Crippen LogP contribution >= 0.6 is 0 Å². The number of hydrogen-bond acceptors (Lipinski definition) is 0. The van der Waals surface area contributed by atoms with Crippen LogP contribution in [-0.4, -0.2) is 19.0 Å².